The number of halogens is 5. The minimum absolute atomic E-state index is 0. The van der Waals surface area contributed by atoms with Gasteiger partial charge in [-0.05, 0) is 6.07 Å². The molecular formula is C9H7ClF4N2O. The largest absolute Gasteiger partial charge is 0.506 e. The van der Waals surface area contributed by atoms with Crippen LogP contribution in [0.15, 0.2) is 12.1 Å². The van der Waals surface area contributed by atoms with E-state index in [0.717, 1.165) is 0 Å². The van der Waals surface area contributed by atoms with E-state index in [1.54, 1.807) is 0 Å². The molecule has 3 nitrogen and oxygen atoms in total. The summed E-state index contributed by atoms with van der Waals surface area (Å²) in [5, 5.41) is 17.7. The Hall–Kier alpha value is -1.52. The summed E-state index contributed by atoms with van der Waals surface area (Å²) in [5.74, 6) is -2.18. The molecule has 0 bridgehead atoms. The van der Waals surface area contributed by atoms with Gasteiger partial charge in [-0.25, -0.2) is 4.39 Å². The fraction of sp³-hybridized carbons (Fsp3) is 0.222. The first-order valence-electron chi connectivity index (χ1n) is 4.02. The summed E-state index contributed by atoms with van der Waals surface area (Å²) in [6.45, 7) is 0. The van der Waals surface area contributed by atoms with Crippen molar-refractivity contribution in [1.29, 1.82) is 5.26 Å². The van der Waals surface area contributed by atoms with Gasteiger partial charge in [0.2, 0.25) is 0 Å². The van der Waals surface area contributed by atoms with Gasteiger partial charge in [-0.1, -0.05) is 6.07 Å². The summed E-state index contributed by atoms with van der Waals surface area (Å²) in [5.41, 5.74) is 3.25. The highest BCUT2D eigenvalue weighted by Crippen LogP contribution is 2.36. The predicted octanol–water partition coefficient (Wildman–Crippen LogP) is 2.39. The average molecular weight is 271 g/mol. The predicted molar refractivity (Wildman–Crippen MR) is 53.0 cm³/mol. The van der Waals surface area contributed by atoms with Crippen molar-refractivity contribution in [2.24, 2.45) is 5.73 Å². The van der Waals surface area contributed by atoms with Gasteiger partial charge in [0.1, 0.15) is 29.2 Å². The molecule has 94 valence electrons. The molecule has 0 aliphatic carbocycles. The first-order chi connectivity index (χ1) is 7.29. The molecular weight excluding hydrogens is 264 g/mol. The van der Waals surface area contributed by atoms with Crippen molar-refractivity contribution in [3.05, 3.63) is 29.1 Å². The highest BCUT2D eigenvalue weighted by molar-refractivity contribution is 5.85. The van der Waals surface area contributed by atoms with E-state index < -0.39 is 34.9 Å². The number of benzene rings is 1. The number of aromatic hydroxyl groups is 1. The Balaban J connectivity index is 0.00000256. The lowest BCUT2D eigenvalue weighted by Gasteiger charge is -2.17. The van der Waals surface area contributed by atoms with E-state index in [9.17, 15) is 22.7 Å². The molecule has 0 aliphatic rings. The third kappa shape index (κ3) is 2.99. The monoisotopic (exact) mass is 270 g/mol. The van der Waals surface area contributed by atoms with Gasteiger partial charge in [-0.3, -0.25) is 0 Å². The van der Waals surface area contributed by atoms with Gasteiger partial charge >= 0.3 is 6.18 Å². The Kier molecular flexibility index (Phi) is 4.74. The number of phenolic OH excluding ortho intramolecular Hbond substituents is 1. The van der Waals surface area contributed by atoms with Crippen molar-refractivity contribution in [3.8, 4) is 11.8 Å². The number of nitrogens with two attached hydrogens (primary N) is 1. The van der Waals surface area contributed by atoms with Gasteiger partial charge in [0.15, 0.2) is 0 Å². The molecule has 3 N–H and O–H groups in total. The Bertz CT molecular complexity index is 456. The topological polar surface area (TPSA) is 70.0 Å². The molecule has 1 atom stereocenters. The van der Waals surface area contributed by atoms with E-state index in [-0.39, 0.29) is 12.4 Å². The van der Waals surface area contributed by atoms with E-state index >= 15 is 0 Å². The van der Waals surface area contributed by atoms with Crippen molar-refractivity contribution in [1.82, 2.24) is 0 Å². The van der Waals surface area contributed by atoms with Gasteiger partial charge in [0.25, 0.3) is 0 Å². The Morgan fingerprint density at radius 1 is 1.35 bits per heavy atom. The maximum Gasteiger partial charge on any atom is 0.407 e. The first kappa shape index (κ1) is 15.5. The summed E-state index contributed by atoms with van der Waals surface area (Å²) >= 11 is 0. The molecule has 0 fully saturated rings. The summed E-state index contributed by atoms with van der Waals surface area (Å²) < 4.78 is 49.6. The third-order valence-electron chi connectivity index (χ3n) is 1.96. The van der Waals surface area contributed by atoms with Gasteiger partial charge in [0.05, 0.1) is 0 Å². The zero-order chi connectivity index (χ0) is 12.5. The van der Waals surface area contributed by atoms with Crippen molar-refractivity contribution >= 4 is 12.4 Å². The van der Waals surface area contributed by atoms with Crippen LogP contribution in [0.1, 0.15) is 17.2 Å². The fourth-order valence-electron chi connectivity index (χ4n) is 1.12. The van der Waals surface area contributed by atoms with Gasteiger partial charge in [-0.2, -0.15) is 18.4 Å². The maximum absolute atomic E-state index is 12.9. The van der Waals surface area contributed by atoms with E-state index in [0.29, 0.717) is 12.1 Å². The van der Waals surface area contributed by atoms with Gasteiger partial charge < -0.3 is 10.8 Å². The summed E-state index contributed by atoms with van der Waals surface area (Å²) in [6, 6.07) is 0.154. The second-order valence-electron chi connectivity index (χ2n) is 2.99. The van der Waals surface area contributed by atoms with Crippen LogP contribution < -0.4 is 5.73 Å². The molecule has 8 heteroatoms. The molecule has 0 heterocycles. The summed E-state index contributed by atoms with van der Waals surface area (Å²) in [6.07, 6.45) is -4.78. The van der Waals surface area contributed by atoms with Crippen LogP contribution in [0.4, 0.5) is 17.6 Å². The SMILES string of the molecule is Cl.N#Cc1c(F)ccc([C@@H](N)C(F)(F)F)c1O. The van der Waals surface area contributed by atoms with Gasteiger partial charge in [0, 0.05) is 5.56 Å². The second kappa shape index (κ2) is 5.21. The Morgan fingerprint density at radius 2 is 1.88 bits per heavy atom. The lowest BCUT2D eigenvalue weighted by Crippen LogP contribution is -2.28. The van der Waals surface area contributed by atoms with Crippen molar-refractivity contribution in [2.75, 3.05) is 0 Å². The van der Waals surface area contributed by atoms with Crippen LogP contribution in [0.3, 0.4) is 0 Å². The molecule has 0 aromatic heterocycles. The minimum Gasteiger partial charge on any atom is -0.506 e. The molecule has 0 saturated carbocycles. The number of nitrogens with zero attached hydrogens (tertiary/aromatic N) is 1. The van der Waals surface area contributed by atoms with Crippen LogP contribution in [0, 0.1) is 17.1 Å². The van der Waals surface area contributed by atoms with Crippen LogP contribution in [0.5, 0.6) is 5.75 Å². The zero-order valence-corrected chi connectivity index (χ0v) is 8.94. The molecule has 0 spiro atoms. The third-order valence-corrected chi connectivity index (χ3v) is 1.96. The first-order valence-corrected chi connectivity index (χ1v) is 4.02. The molecule has 0 unspecified atom stereocenters. The highest BCUT2D eigenvalue weighted by Gasteiger charge is 2.39. The van der Waals surface area contributed by atoms with E-state index in [1.807, 2.05) is 0 Å². The molecule has 0 radical (unpaired) electrons. The number of alkyl halides is 3. The van der Waals surface area contributed by atoms with Crippen LogP contribution in [-0.2, 0) is 0 Å². The number of hydrogen-bond acceptors (Lipinski definition) is 3. The van der Waals surface area contributed by atoms with Crippen molar-refractivity contribution in [3.63, 3.8) is 0 Å². The Labute approximate surface area is 99.9 Å². The number of hydrogen-bond donors (Lipinski definition) is 2. The summed E-state index contributed by atoms with van der Waals surface area (Å²) in [4.78, 5) is 0. The number of phenols is 1. The normalized spacial score (nSPS) is 12.5. The smallest absolute Gasteiger partial charge is 0.407 e. The average Bonchev–Trinajstić information content (AvgIpc) is 2.16. The molecule has 0 amide bonds. The fourth-order valence-corrected chi connectivity index (χ4v) is 1.12. The second-order valence-corrected chi connectivity index (χ2v) is 2.99. The molecule has 17 heavy (non-hydrogen) atoms. The highest BCUT2D eigenvalue weighted by atomic mass is 35.5. The van der Waals surface area contributed by atoms with Crippen LogP contribution >= 0.6 is 12.4 Å². The lowest BCUT2D eigenvalue weighted by molar-refractivity contribution is -0.149. The van der Waals surface area contributed by atoms with Gasteiger partial charge in [-0.15, -0.1) is 12.4 Å². The molecule has 1 rings (SSSR count). The quantitative estimate of drug-likeness (QED) is 0.770. The number of nitriles is 1. The molecule has 0 saturated heterocycles. The van der Waals surface area contributed by atoms with Crippen LogP contribution in [0.2, 0.25) is 0 Å². The van der Waals surface area contributed by atoms with E-state index in [2.05, 4.69) is 0 Å². The van der Waals surface area contributed by atoms with Crippen molar-refractivity contribution < 1.29 is 22.7 Å². The number of rotatable bonds is 1. The molecule has 1 aromatic carbocycles. The lowest BCUT2D eigenvalue weighted by atomic mass is 10.0. The maximum atomic E-state index is 12.9. The zero-order valence-electron chi connectivity index (χ0n) is 8.12. The van der Waals surface area contributed by atoms with E-state index in [4.69, 9.17) is 11.0 Å². The van der Waals surface area contributed by atoms with Crippen molar-refractivity contribution in [2.45, 2.75) is 12.2 Å². The van der Waals surface area contributed by atoms with Crippen LogP contribution in [-0.4, -0.2) is 11.3 Å². The molecule has 1 aromatic rings. The summed E-state index contributed by atoms with van der Waals surface area (Å²) in [7, 11) is 0. The minimum atomic E-state index is -4.78. The standard InChI is InChI=1S/C9H6F4N2O.ClH/c10-6-2-1-4(7(16)5(6)3-14)8(15)9(11,12)13;/h1-2,8,16H,15H2;1H/t8-;/m1./s1. The Morgan fingerprint density at radius 3 is 2.29 bits per heavy atom. The van der Waals surface area contributed by atoms with Crippen LogP contribution in [0.25, 0.3) is 0 Å². The molecule has 0 aliphatic heterocycles. The van der Waals surface area contributed by atoms with E-state index in [1.165, 1.54) is 6.07 Å².